The number of aromatic nitrogens is 2. The lowest BCUT2D eigenvalue weighted by Crippen LogP contribution is -2.44. The fraction of sp³-hybridized carbons (Fsp3) is 0.524. The summed E-state index contributed by atoms with van der Waals surface area (Å²) in [5.74, 6) is 0.828. The zero-order valence-electron chi connectivity index (χ0n) is 17.8. The molecule has 2 aromatic rings. The number of imidazole rings is 1. The summed E-state index contributed by atoms with van der Waals surface area (Å²) >= 11 is 0. The number of para-hydroxylation sites is 2. The second-order valence-corrected chi connectivity index (χ2v) is 7.95. The first-order valence-corrected chi connectivity index (χ1v) is 10.4. The van der Waals surface area contributed by atoms with E-state index in [0.717, 1.165) is 45.0 Å². The van der Waals surface area contributed by atoms with Gasteiger partial charge < -0.3 is 9.88 Å². The van der Waals surface area contributed by atoms with Gasteiger partial charge in [-0.1, -0.05) is 12.1 Å². The molecule has 0 aliphatic carbocycles. The fourth-order valence-corrected chi connectivity index (χ4v) is 3.81. The maximum atomic E-state index is 12.8. The number of amides is 1. The zero-order chi connectivity index (χ0) is 21.7. The third-order valence-electron chi connectivity index (χ3n) is 5.58. The molecule has 1 amide bonds. The van der Waals surface area contributed by atoms with E-state index in [1.54, 1.807) is 18.2 Å². The normalized spacial score (nSPS) is 16.9. The molecule has 1 unspecified atom stereocenters. The molecule has 2 heterocycles. The van der Waals surface area contributed by atoms with Gasteiger partial charge in [0.1, 0.15) is 11.5 Å². The smallest absolute Gasteiger partial charge is 0.292 e. The van der Waals surface area contributed by atoms with Crippen molar-refractivity contribution >= 4 is 17.3 Å². The molecule has 1 aliphatic rings. The average molecular weight is 415 g/mol. The first kappa shape index (κ1) is 21.9. The van der Waals surface area contributed by atoms with Crippen LogP contribution >= 0.6 is 0 Å². The van der Waals surface area contributed by atoms with Gasteiger partial charge in [-0.25, -0.2) is 4.98 Å². The zero-order valence-corrected chi connectivity index (χ0v) is 17.8. The van der Waals surface area contributed by atoms with Gasteiger partial charge in [0.05, 0.1) is 17.5 Å². The van der Waals surface area contributed by atoms with Gasteiger partial charge in [0, 0.05) is 44.1 Å². The Morgan fingerprint density at radius 3 is 2.70 bits per heavy atom. The molecule has 0 bridgehead atoms. The van der Waals surface area contributed by atoms with Crippen molar-refractivity contribution in [2.24, 2.45) is 0 Å². The summed E-state index contributed by atoms with van der Waals surface area (Å²) in [6.07, 6.45) is 4.80. The van der Waals surface area contributed by atoms with Crippen LogP contribution in [-0.2, 0) is 11.3 Å². The first-order valence-electron chi connectivity index (χ1n) is 10.4. The molecule has 9 heteroatoms. The molecular formula is C21H30N6O3. The largest absolute Gasteiger partial charge is 0.331 e. The minimum atomic E-state index is -0.481. The van der Waals surface area contributed by atoms with Gasteiger partial charge in [-0.2, -0.15) is 0 Å². The predicted octanol–water partition coefficient (Wildman–Crippen LogP) is 2.91. The Balaban J connectivity index is 1.59. The van der Waals surface area contributed by atoms with Crippen LogP contribution in [0, 0.1) is 10.1 Å². The van der Waals surface area contributed by atoms with Crippen LogP contribution < -0.4 is 5.32 Å². The molecule has 0 spiro atoms. The number of benzene rings is 1. The van der Waals surface area contributed by atoms with Crippen molar-refractivity contribution in [1.29, 1.82) is 0 Å². The maximum Gasteiger partial charge on any atom is 0.292 e. The van der Waals surface area contributed by atoms with Crippen LogP contribution in [0.5, 0.6) is 0 Å². The SMILES string of the molecule is CC(C(=O)Nc1ccccc1[N+](=O)[O-])N1CCCN(Cc2nccn2C(C)C)CC1. The lowest BCUT2D eigenvalue weighted by molar-refractivity contribution is -0.383. The second-order valence-electron chi connectivity index (χ2n) is 7.95. The molecule has 1 aliphatic heterocycles. The minimum Gasteiger partial charge on any atom is -0.331 e. The third kappa shape index (κ3) is 5.22. The Kier molecular flexibility index (Phi) is 7.17. The highest BCUT2D eigenvalue weighted by molar-refractivity contribution is 5.96. The molecule has 0 radical (unpaired) electrons. The molecule has 3 rings (SSSR count). The predicted molar refractivity (Wildman–Crippen MR) is 115 cm³/mol. The van der Waals surface area contributed by atoms with Crippen molar-refractivity contribution in [3.63, 3.8) is 0 Å². The highest BCUT2D eigenvalue weighted by atomic mass is 16.6. The first-order chi connectivity index (χ1) is 14.4. The Morgan fingerprint density at radius 1 is 1.20 bits per heavy atom. The van der Waals surface area contributed by atoms with Crippen molar-refractivity contribution in [2.45, 2.75) is 45.8 Å². The van der Waals surface area contributed by atoms with E-state index in [4.69, 9.17) is 0 Å². The van der Waals surface area contributed by atoms with E-state index in [1.165, 1.54) is 6.07 Å². The quantitative estimate of drug-likeness (QED) is 0.553. The number of nitrogens with zero attached hydrogens (tertiary/aromatic N) is 5. The number of nitro groups is 1. The lowest BCUT2D eigenvalue weighted by Gasteiger charge is -2.27. The van der Waals surface area contributed by atoms with Gasteiger partial charge in [-0.05, 0) is 39.8 Å². The number of nitro benzene ring substituents is 1. The highest BCUT2D eigenvalue weighted by Crippen LogP contribution is 2.23. The van der Waals surface area contributed by atoms with Gasteiger partial charge in [0.25, 0.3) is 5.69 Å². The molecule has 1 aromatic carbocycles. The van der Waals surface area contributed by atoms with Crippen molar-refractivity contribution < 1.29 is 9.72 Å². The summed E-state index contributed by atoms with van der Waals surface area (Å²) in [6.45, 7) is 10.3. The fourth-order valence-electron chi connectivity index (χ4n) is 3.81. The van der Waals surface area contributed by atoms with E-state index in [1.807, 2.05) is 19.3 Å². The molecular weight excluding hydrogens is 384 g/mol. The van der Waals surface area contributed by atoms with E-state index in [2.05, 4.69) is 38.5 Å². The lowest BCUT2D eigenvalue weighted by atomic mass is 10.2. The molecule has 0 saturated carbocycles. The number of rotatable bonds is 7. The summed E-state index contributed by atoms with van der Waals surface area (Å²) in [4.78, 5) is 32.5. The van der Waals surface area contributed by atoms with Crippen LogP contribution in [0.3, 0.4) is 0 Å². The van der Waals surface area contributed by atoms with Crippen LogP contribution in [0.15, 0.2) is 36.7 Å². The third-order valence-corrected chi connectivity index (χ3v) is 5.58. The molecule has 1 saturated heterocycles. The Hall–Kier alpha value is -2.78. The van der Waals surface area contributed by atoms with Crippen molar-refractivity contribution in [3.8, 4) is 0 Å². The van der Waals surface area contributed by atoms with E-state index < -0.39 is 4.92 Å². The van der Waals surface area contributed by atoms with Gasteiger partial charge in [-0.15, -0.1) is 0 Å². The van der Waals surface area contributed by atoms with Crippen LogP contribution in [0.2, 0.25) is 0 Å². The van der Waals surface area contributed by atoms with Crippen LogP contribution in [0.1, 0.15) is 39.1 Å². The van der Waals surface area contributed by atoms with Crippen LogP contribution in [-0.4, -0.2) is 62.4 Å². The molecule has 1 atom stereocenters. The van der Waals surface area contributed by atoms with Crippen molar-refractivity contribution in [1.82, 2.24) is 19.4 Å². The number of hydrogen-bond acceptors (Lipinski definition) is 6. The summed E-state index contributed by atoms with van der Waals surface area (Å²) in [7, 11) is 0. The monoisotopic (exact) mass is 414 g/mol. The molecule has 162 valence electrons. The van der Waals surface area contributed by atoms with Crippen LogP contribution in [0.25, 0.3) is 0 Å². The van der Waals surface area contributed by atoms with Gasteiger partial charge in [-0.3, -0.25) is 24.7 Å². The number of nitrogens with one attached hydrogen (secondary N) is 1. The minimum absolute atomic E-state index is 0.0965. The number of hydrogen-bond donors (Lipinski definition) is 1. The van der Waals surface area contributed by atoms with Gasteiger partial charge in [0.15, 0.2) is 0 Å². The molecule has 30 heavy (non-hydrogen) atoms. The summed E-state index contributed by atoms with van der Waals surface area (Å²) in [5.41, 5.74) is 0.136. The topological polar surface area (TPSA) is 96.5 Å². The number of anilines is 1. The summed E-state index contributed by atoms with van der Waals surface area (Å²) in [6, 6.07) is 6.22. The van der Waals surface area contributed by atoms with Gasteiger partial charge >= 0.3 is 0 Å². The molecule has 9 nitrogen and oxygen atoms in total. The number of carbonyl (C=O) groups excluding carboxylic acids is 1. The van der Waals surface area contributed by atoms with E-state index >= 15 is 0 Å². The molecule has 1 fully saturated rings. The van der Waals surface area contributed by atoms with Crippen LogP contribution in [0.4, 0.5) is 11.4 Å². The molecule has 1 aromatic heterocycles. The highest BCUT2D eigenvalue weighted by Gasteiger charge is 2.26. The van der Waals surface area contributed by atoms with E-state index in [-0.39, 0.29) is 23.3 Å². The summed E-state index contributed by atoms with van der Waals surface area (Å²) < 4.78 is 2.19. The summed E-state index contributed by atoms with van der Waals surface area (Å²) in [5, 5.41) is 13.9. The standard InChI is InChI=1S/C21H30N6O3/c1-16(2)26-12-9-22-20(26)15-24-10-6-11-25(14-13-24)17(3)21(28)23-18-7-4-5-8-19(18)27(29)30/h4-5,7-9,12,16-17H,6,10-11,13-15H2,1-3H3,(H,23,28). The Morgan fingerprint density at radius 2 is 1.97 bits per heavy atom. The van der Waals surface area contributed by atoms with Crippen molar-refractivity contribution in [2.75, 3.05) is 31.5 Å². The maximum absolute atomic E-state index is 12.8. The molecule has 1 N–H and O–H groups in total. The van der Waals surface area contributed by atoms with E-state index in [0.29, 0.717) is 6.04 Å². The Bertz CT molecular complexity index is 881. The average Bonchev–Trinajstić information content (AvgIpc) is 3.05. The van der Waals surface area contributed by atoms with E-state index in [9.17, 15) is 14.9 Å². The second kappa shape index (κ2) is 9.82. The van der Waals surface area contributed by atoms with Crippen molar-refractivity contribution in [3.05, 3.63) is 52.6 Å². The Labute approximate surface area is 176 Å². The van der Waals surface area contributed by atoms with Gasteiger partial charge in [0.2, 0.25) is 5.91 Å². The number of carbonyl (C=O) groups is 1.